The van der Waals surface area contributed by atoms with Crippen molar-refractivity contribution in [1.29, 1.82) is 0 Å². The first kappa shape index (κ1) is 21.0. The molecule has 3 aromatic rings. The van der Waals surface area contributed by atoms with E-state index < -0.39 is 36.7 Å². The number of nitrogens with zero attached hydrogens (tertiary/aromatic N) is 1. The number of esters is 1. The van der Waals surface area contributed by atoms with Gasteiger partial charge in [-0.15, -0.1) is 0 Å². The molecule has 0 fully saturated rings. The first-order valence-electron chi connectivity index (χ1n) is 9.34. The molecule has 0 saturated carbocycles. The molecule has 0 bridgehead atoms. The normalized spacial score (nSPS) is 11.3. The number of fused-ring (bicyclic) bond motifs is 1. The summed E-state index contributed by atoms with van der Waals surface area (Å²) < 4.78 is 11.0. The van der Waals surface area contributed by atoms with Crippen molar-refractivity contribution < 1.29 is 23.5 Å². The molecule has 0 atom stereocenters. The number of aromatic nitrogens is 1. The average Bonchev–Trinajstić information content (AvgIpc) is 3.01. The molecule has 1 heterocycles. The molecule has 2 aromatic carbocycles. The van der Waals surface area contributed by atoms with Gasteiger partial charge in [-0.2, -0.15) is 0 Å². The van der Waals surface area contributed by atoms with Crippen LogP contribution in [-0.2, 0) is 26.3 Å². The monoisotopic (exact) mass is 410 g/mol. The maximum atomic E-state index is 12.2. The second-order valence-electron chi connectivity index (χ2n) is 7.79. The molecule has 30 heavy (non-hydrogen) atoms. The van der Waals surface area contributed by atoms with Crippen molar-refractivity contribution in [3.63, 3.8) is 0 Å². The topological polar surface area (TPSA) is 108 Å². The van der Waals surface area contributed by atoms with Crippen LogP contribution in [0.5, 0.6) is 0 Å². The molecule has 0 aliphatic rings. The molecule has 0 spiro atoms. The van der Waals surface area contributed by atoms with Crippen LogP contribution in [0.1, 0.15) is 36.7 Å². The number of carbonyl (C=O) groups excluding carboxylic acids is 3. The summed E-state index contributed by atoms with van der Waals surface area (Å²) in [5.74, 6) is -2.86. The lowest BCUT2D eigenvalue weighted by atomic mass is 9.87. The van der Waals surface area contributed by atoms with E-state index in [0.717, 1.165) is 10.1 Å². The highest BCUT2D eigenvalue weighted by Crippen LogP contribution is 2.22. The second-order valence-corrected chi connectivity index (χ2v) is 7.79. The Morgan fingerprint density at radius 3 is 2.37 bits per heavy atom. The summed E-state index contributed by atoms with van der Waals surface area (Å²) >= 11 is 0. The molecular weight excluding hydrogens is 388 g/mol. The maximum absolute atomic E-state index is 12.2. The molecule has 1 aromatic heterocycles. The van der Waals surface area contributed by atoms with E-state index in [1.807, 2.05) is 12.1 Å². The Balaban J connectivity index is 1.54. The molecule has 8 heteroatoms. The van der Waals surface area contributed by atoms with E-state index >= 15 is 0 Å². The van der Waals surface area contributed by atoms with Gasteiger partial charge in [0, 0.05) is 5.56 Å². The molecule has 156 valence electrons. The Morgan fingerprint density at radius 2 is 1.70 bits per heavy atom. The number of para-hydroxylation sites is 2. The van der Waals surface area contributed by atoms with Gasteiger partial charge in [-0.25, -0.2) is 4.79 Å². The maximum Gasteiger partial charge on any atom is 0.420 e. The fourth-order valence-corrected chi connectivity index (χ4v) is 2.84. The number of hydrogen-bond donors (Lipinski definition) is 1. The van der Waals surface area contributed by atoms with Gasteiger partial charge in [-0.3, -0.25) is 24.3 Å². The third-order valence-corrected chi connectivity index (χ3v) is 4.49. The molecule has 0 unspecified atom stereocenters. The van der Waals surface area contributed by atoms with Crippen LogP contribution in [0.4, 0.5) is 0 Å². The van der Waals surface area contributed by atoms with E-state index in [1.165, 1.54) is 0 Å². The van der Waals surface area contributed by atoms with Crippen LogP contribution in [0.15, 0.2) is 57.7 Å². The van der Waals surface area contributed by atoms with Gasteiger partial charge in [-0.1, -0.05) is 45.0 Å². The zero-order valence-electron chi connectivity index (χ0n) is 16.9. The molecule has 2 amide bonds. The summed E-state index contributed by atoms with van der Waals surface area (Å²) in [5, 5.41) is 2.17. The first-order valence-corrected chi connectivity index (χ1v) is 9.34. The number of imide groups is 1. The Bertz CT molecular complexity index is 1150. The van der Waals surface area contributed by atoms with Crippen molar-refractivity contribution in [2.75, 3.05) is 6.61 Å². The highest BCUT2D eigenvalue weighted by atomic mass is 16.5. The molecule has 0 aliphatic carbocycles. The van der Waals surface area contributed by atoms with Crippen LogP contribution in [0.3, 0.4) is 0 Å². The number of oxazole rings is 1. The lowest BCUT2D eigenvalue weighted by molar-refractivity contribution is -0.148. The highest BCUT2D eigenvalue weighted by molar-refractivity contribution is 6.05. The first-order chi connectivity index (χ1) is 14.1. The van der Waals surface area contributed by atoms with Crippen molar-refractivity contribution in [1.82, 2.24) is 9.88 Å². The SMILES string of the molecule is CC(C)(C)c1ccc(C(=O)NC(=O)COC(=O)Cn2c(=O)oc3ccccc32)cc1. The van der Waals surface area contributed by atoms with Gasteiger partial charge < -0.3 is 9.15 Å². The zero-order chi connectivity index (χ0) is 21.9. The minimum atomic E-state index is -0.805. The number of carbonyl (C=O) groups is 3. The van der Waals surface area contributed by atoms with Crippen LogP contribution in [-0.4, -0.2) is 29.0 Å². The van der Waals surface area contributed by atoms with Gasteiger partial charge in [0.25, 0.3) is 11.8 Å². The lowest BCUT2D eigenvalue weighted by Crippen LogP contribution is -2.34. The predicted octanol–water partition coefficient (Wildman–Crippen LogP) is 2.39. The fraction of sp³-hybridized carbons (Fsp3) is 0.273. The van der Waals surface area contributed by atoms with Crippen LogP contribution in [0, 0.1) is 0 Å². The van der Waals surface area contributed by atoms with Crippen molar-refractivity contribution in [3.05, 3.63) is 70.2 Å². The Hall–Kier alpha value is -3.68. The second kappa shape index (κ2) is 8.36. The number of rotatable bonds is 5. The van der Waals surface area contributed by atoms with E-state index in [0.29, 0.717) is 16.7 Å². The van der Waals surface area contributed by atoms with Crippen LogP contribution in [0.2, 0.25) is 0 Å². The Morgan fingerprint density at radius 1 is 1.03 bits per heavy atom. The molecule has 1 N–H and O–H groups in total. The minimum Gasteiger partial charge on any atom is -0.454 e. The molecular formula is C22H22N2O6. The smallest absolute Gasteiger partial charge is 0.420 e. The van der Waals surface area contributed by atoms with Gasteiger partial charge in [0.1, 0.15) is 6.54 Å². The van der Waals surface area contributed by atoms with E-state index in [1.54, 1.807) is 36.4 Å². The highest BCUT2D eigenvalue weighted by Gasteiger charge is 2.17. The summed E-state index contributed by atoms with van der Waals surface area (Å²) in [6.07, 6.45) is 0. The van der Waals surface area contributed by atoms with Gasteiger partial charge in [0.2, 0.25) is 0 Å². The summed E-state index contributed by atoms with van der Waals surface area (Å²) in [7, 11) is 0. The quantitative estimate of drug-likeness (QED) is 0.647. The van der Waals surface area contributed by atoms with E-state index in [2.05, 4.69) is 26.1 Å². The van der Waals surface area contributed by atoms with Gasteiger partial charge in [0.15, 0.2) is 12.2 Å². The number of hydrogen-bond acceptors (Lipinski definition) is 6. The summed E-state index contributed by atoms with van der Waals surface area (Å²) in [4.78, 5) is 48.0. The zero-order valence-corrected chi connectivity index (χ0v) is 16.9. The van der Waals surface area contributed by atoms with Crippen LogP contribution in [0.25, 0.3) is 11.1 Å². The van der Waals surface area contributed by atoms with Gasteiger partial charge in [0.05, 0.1) is 5.52 Å². The van der Waals surface area contributed by atoms with Crippen molar-refractivity contribution in [2.24, 2.45) is 0 Å². The summed E-state index contributed by atoms with van der Waals surface area (Å²) in [5.41, 5.74) is 2.11. The van der Waals surface area contributed by atoms with Crippen molar-refractivity contribution >= 4 is 28.9 Å². The van der Waals surface area contributed by atoms with E-state index in [9.17, 15) is 19.2 Å². The molecule has 8 nitrogen and oxygen atoms in total. The molecule has 0 radical (unpaired) electrons. The molecule has 3 rings (SSSR count). The largest absolute Gasteiger partial charge is 0.454 e. The number of nitrogens with one attached hydrogen (secondary N) is 1. The van der Waals surface area contributed by atoms with Gasteiger partial charge in [-0.05, 0) is 35.2 Å². The minimum absolute atomic E-state index is 0.0543. The van der Waals surface area contributed by atoms with E-state index in [-0.39, 0.29) is 5.41 Å². The van der Waals surface area contributed by atoms with Crippen LogP contribution < -0.4 is 11.1 Å². The van der Waals surface area contributed by atoms with Crippen molar-refractivity contribution in [2.45, 2.75) is 32.7 Å². The Labute approximate surface area is 172 Å². The fourth-order valence-electron chi connectivity index (χ4n) is 2.84. The van der Waals surface area contributed by atoms with Crippen LogP contribution >= 0.6 is 0 Å². The van der Waals surface area contributed by atoms with Crippen molar-refractivity contribution in [3.8, 4) is 0 Å². The molecule has 0 aliphatic heterocycles. The van der Waals surface area contributed by atoms with E-state index in [4.69, 9.17) is 9.15 Å². The molecule has 0 saturated heterocycles. The number of amides is 2. The predicted molar refractivity (Wildman–Crippen MR) is 109 cm³/mol. The van der Waals surface area contributed by atoms with Gasteiger partial charge >= 0.3 is 11.7 Å². The third-order valence-electron chi connectivity index (χ3n) is 4.49. The lowest BCUT2D eigenvalue weighted by Gasteiger charge is -2.18. The number of benzene rings is 2. The average molecular weight is 410 g/mol. The third kappa shape index (κ3) is 4.83. The number of ether oxygens (including phenoxy) is 1. The summed E-state index contributed by atoms with van der Waals surface area (Å²) in [6, 6.07) is 13.5. The standard InChI is InChI=1S/C22H22N2O6/c1-22(2,3)15-10-8-14(9-11-15)20(27)23-18(25)13-29-19(26)12-24-16-6-4-5-7-17(16)30-21(24)28/h4-11H,12-13H2,1-3H3,(H,23,25,27). The summed E-state index contributed by atoms with van der Waals surface area (Å²) in [6.45, 7) is 5.11. The Kier molecular flexibility index (Phi) is 5.86.